The summed E-state index contributed by atoms with van der Waals surface area (Å²) < 4.78 is 11.2. The van der Waals surface area contributed by atoms with Gasteiger partial charge in [0.05, 0.1) is 13.2 Å². The zero-order chi connectivity index (χ0) is 10.7. The lowest BCUT2D eigenvalue weighted by Gasteiger charge is -2.36. The summed E-state index contributed by atoms with van der Waals surface area (Å²) in [6.07, 6.45) is 2.28. The lowest BCUT2D eigenvalue weighted by Crippen LogP contribution is -2.33. The number of hydrogen-bond donors (Lipinski definition) is 1. The van der Waals surface area contributed by atoms with Gasteiger partial charge in [-0.05, 0) is 18.2 Å². The first-order valence-corrected chi connectivity index (χ1v) is 7.75. The Kier molecular flexibility index (Phi) is 4.54. The van der Waals surface area contributed by atoms with E-state index >= 15 is 0 Å². The largest absolute Gasteiger partial charge is 0.317 e. The number of rotatable bonds is 4. The van der Waals surface area contributed by atoms with Crippen molar-refractivity contribution in [3.05, 3.63) is 0 Å². The van der Waals surface area contributed by atoms with Crippen molar-refractivity contribution in [2.75, 3.05) is 19.8 Å². The Morgan fingerprint density at radius 2 is 1.93 bits per heavy atom. The van der Waals surface area contributed by atoms with Gasteiger partial charge in [-0.1, -0.05) is 27.2 Å². The van der Waals surface area contributed by atoms with Crippen LogP contribution in [0.4, 0.5) is 0 Å². The molecular weight excluding hydrogens is 217 g/mol. The SMILES string of the molecule is CCCCNP1(=S)OCC(C)(C)CO1. The molecular formula is C9H20NO2PS. The first kappa shape index (κ1) is 12.6. The smallest absolute Gasteiger partial charge is 0.261 e. The van der Waals surface area contributed by atoms with Crippen LogP contribution in [-0.4, -0.2) is 19.8 Å². The van der Waals surface area contributed by atoms with Crippen LogP contribution in [0.25, 0.3) is 0 Å². The molecule has 3 nitrogen and oxygen atoms in total. The Morgan fingerprint density at radius 3 is 2.43 bits per heavy atom. The van der Waals surface area contributed by atoms with E-state index in [0.717, 1.165) is 19.4 Å². The van der Waals surface area contributed by atoms with E-state index in [1.165, 1.54) is 0 Å². The van der Waals surface area contributed by atoms with Gasteiger partial charge >= 0.3 is 0 Å². The summed E-state index contributed by atoms with van der Waals surface area (Å²) in [5.74, 6) is 0. The molecule has 0 aliphatic carbocycles. The highest BCUT2D eigenvalue weighted by Gasteiger charge is 2.32. The molecule has 1 aliphatic heterocycles. The molecule has 5 heteroatoms. The van der Waals surface area contributed by atoms with Gasteiger partial charge in [0.25, 0.3) is 6.64 Å². The molecule has 0 bridgehead atoms. The standard InChI is InChI=1S/C9H20NO2PS/c1-4-5-6-10-13(14)11-7-9(2,3)8-12-13/h4-8H2,1-3H3,(H,10,14). The summed E-state index contributed by atoms with van der Waals surface area (Å²) in [5.41, 5.74) is 0.106. The third-order valence-corrected chi connectivity index (χ3v) is 4.65. The van der Waals surface area contributed by atoms with Crippen LogP contribution in [0.15, 0.2) is 0 Å². The van der Waals surface area contributed by atoms with Gasteiger partial charge in [-0.3, -0.25) is 0 Å². The molecule has 1 N–H and O–H groups in total. The van der Waals surface area contributed by atoms with Crippen molar-refractivity contribution in [3.8, 4) is 0 Å². The van der Waals surface area contributed by atoms with E-state index < -0.39 is 6.64 Å². The molecule has 14 heavy (non-hydrogen) atoms. The summed E-state index contributed by atoms with van der Waals surface area (Å²) in [5, 5.41) is 3.22. The van der Waals surface area contributed by atoms with Crippen LogP contribution in [-0.2, 0) is 20.9 Å². The van der Waals surface area contributed by atoms with Crippen LogP contribution in [0.5, 0.6) is 0 Å². The minimum absolute atomic E-state index is 0.106. The quantitative estimate of drug-likeness (QED) is 0.601. The molecule has 1 saturated heterocycles. The second-order valence-corrected chi connectivity index (χ2v) is 7.74. The van der Waals surface area contributed by atoms with E-state index in [1.807, 2.05) is 0 Å². The molecule has 1 heterocycles. The number of unbranched alkanes of at least 4 members (excludes halogenated alkanes) is 1. The second kappa shape index (κ2) is 5.04. The molecule has 0 radical (unpaired) electrons. The highest BCUT2D eigenvalue weighted by atomic mass is 32.5. The van der Waals surface area contributed by atoms with Gasteiger partial charge in [0.1, 0.15) is 0 Å². The second-order valence-electron chi connectivity index (χ2n) is 4.47. The first-order valence-electron chi connectivity index (χ1n) is 5.12. The van der Waals surface area contributed by atoms with E-state index in [4.69, 9.17) is 20.9 Å². The Labute approximate surface area is 91.8 Å². The van der Waals surface area contributed by atoms with E-state index in [1.54, 1.807) is 0 Å². The molecule has 84 valence electrons. The molecule has 0 unspecified atom stereocenters. The minimum Gasteiger partial charge on any atom is -0.317 e. The minimum atomic E-state index is -2.14. The maximum atomic E-state index is 5.62. The Balaban J connectivity index is 2.34. The Hall–Kier alpha value is 0.530. The maximum absolute atomic E-state index is 5.62. The van der Waals surface area contributed by atoms with Crippen molar-refractivity contribution < 1.29 is 9.05 Å². The van der Waals surface area contributed by atoms with Crippen molar-refractivity contribution in [1.29, 1.82) is 0 Å². The Bertz CT molecular complexity index is 219. The summed E-state index contributed by atoms with van der Waals surface area (Å²) >= 11 is 5.32. The fourth-order valence-electron chi connectivity index (χ4n) is 1.08. The van der Waals surface area contributed by atoms with Crippen LogP contribution in [0.1, 0.15) is 33.6 Å². The van der Waals surface area contributed by atoms with Gasteiger partial charge in [0.15, 0.2) is 0 Å². The van der Waals surface area contributed by atoms with E-state index in [2.05, 4.69) is 25.9 Å². The van der Waals surface area contributed by atoms with Crippen molar-refractivity contribution >= 4 is 18.4 Å². The van der Waals surface area contributed by atoms with Gasteiger partial charge in [-0.15, -0.1) is 0 Å². The van der Waals surface area contributed by atoms with Crippen LogP contribution in [0.2, 0.25) is 0 Å². The maximum Gasteiger partial charge on any atom is 0.261 e. The first-order chi connectivity index (χ1) is 6.47. The zero-order valence-electron chi connectivity index (χ0n) is 9.21. The highest BCUT2D eigenvalue weighted by molar-refractivity contribution is 8.09. The summed E-state index contributed by atoms with van der Waals surface area (Å²) in [6, 6.07) is 0. The molecule has 0 saturated carbocycles. The molecule has 0 atom stereocenters. The van der Waals surface area contributed by atoms with Gasteiger partial charge < -0.3 is 9.05 Å². The normalized spacial score (nSPS) is 24.8. The van der Waals surface area contributed by atoms with Crippen LogP contribution < -0.4 is 5.09 Å². The fraction of sp³-hybridized carbons (Fsp3) is 1.00. The fourth-order valence-corrected chi connectivity index (χ4v) is 3.40. The summed E-state index contributed by atoms with van der Waals surface area (Å²) in [7, 11) is 0. The van der Waals surface area contributed by atoms with Crippen LogP contribution in [0, 0.1) is 5.41 Å². The summed E-state index contributed by atoms with van der Waals surface area (Å²) in [4.78, 5) is 0. The lowest BCUT2D eigenvalue weighted by molar-refractivity contribution is 0.0566. The van der Waals surface area contributed by atoms with Gasteiger partial charge in [0.2, 0.25) is 0 Å². The van der Waals surface area contributed by atoms with Crippen molar-refractivity contribution in [1.82, 2.24) is 5.09 Å². The number of hydrogen-bond acceptors (Lipinski definition) is 3. The van der Waals surface area contributed by atoms with Crippen LogP contribution >= 0.6 is 6.64 Å². The average Bonchev–Trinajstić information content (AvgIpc) is 2.12. The molecule has 0 aromatic heterocycles. The summed E-state index contributed by atoms with van der Waals surface area (Å²) in [6.45, 7) is 6.55. The lowest BCUT2D eigenvalue weighted by atomic mass is 9.97. The van der Waals surface area contributed by atoms with Crippen LogP contribution in [0.3, 0.4) is 0 Å². The van der Waals surface area contributed by atoms with Gasteiger partial charge in [-0.25, -0.2) is 5.09 Å². The molecule has 1 rings (SSSR count). The molecule has 1 aliphatic rings. The van der Waals surface area contributed by atoms with Crippen molar-refractivity contribution in [3.63, 3.8) is 0 Å². The predicted molar refractivity (Wildman–Crippen MR) is 62.9 cm³/mol. The van der Waals surface area contributed by atoms with Crippen molar-refractivity contribution in [2.24, 2.45) is 5.41 Å². The zero-order valence-corrected chi connectivity index (χ0v) is 10.9. The van der Waals surface area contributed by atoms with Crippen molar-refractivity contribution in [2.45, 2.75) is 33.6 Å². The predicted octanol–water partition coefficient (Wildman–Crippen LogP) is 2.67. The van der Waals surface area contributed by atoms with Gasteiger partial charge in [-0.2, -0.15) is 0 Å². The average molecular weight is 237 g/mol. The van der Waals surface area contributed by atoms with Gasteiger partial charge in [0, 0.05) is 12.0 Å². The van der Waals surface area contributed by atoms with E-state index in [0.29, 0.717) is 13.2 Å². The number of nitrogens with one attached hydrogen (secondary N) is 1. The molecule has 0 aromatic carbocycles. The Morgan fingerprint density at radius 1 is 1.36 bits per heavy atom. The van der Waals surface area contributed by atoms with E-state index in [-0.39, 0.29) is 5.41 Å². The highest BCUT2D eigenvalue weighted by Crippen LogP contribution is 2.50. The molecule has 1 fully saturated rings. The monoisotopic (exact) mass is 237 g/mol. The topological polar surface area (TPSA) is 30.5 Å². The third-order valence-electron chi connectivity index (χ3n) is 2.09. The molecule has 0 aromatic rings. The molecule has 0 amide bonds. The molecule has 0 spiro atoms. The van der Waals surface area contributed by atoms with E-state index in [9.17, 15) is 0 Å². The third kappa shape index (κ3) is 3.95.